The molecule has 1 N–H and O–H groups in total. The van der Waals surface area contributed by atoms with E-state index in [1.54, 1.807) is 11.8 Å². The molecule has 1 amide bonds. The third-order valence-electron chi connectivity index (χ3n) is 2.03. The monoisotopic (exact) mass is 287 g/mol. The molecule has 0 heterocycles. The van der Waals surface area contributed by atoms with Gasteiger partial charge in [-0.25, -0.2) is 0 Å². The lowest BCUT2D eigenvalue weighted by Crippen LogP contribution is -2.25. The molecule has 2 nitrogen and oxygen atoms in total. The Bertz CT molecular complexity index is 354. The molecule has 15 heavy (non-hydrogen) atoms. The first-order valence-electron chi connectivity index (χ1n) is 4.68. The van der Waals surface area contributed by atoms with Gasteiger partial charge in [0.15, 0.2) is 0 Å². The van der Waals surface area contributed by atoms with Crippen LogP contribution in [-0.4, -0.2) is 24.5 Å². The van der Waals surface area contributed by atoms with Crippen LogP contribution < -0.4 is 5.32 Å². The van der Waals surface area contributed by atoms with Crippen molar-refractivity contribution in [3.63, 3.8) is 0 Å². The smallest absolute Gasteiger partial charge is 0.251 e. The molecular weight excluding hydrogens is 274 g/mol. The first-order valence-corrected chi connectivity index (χ1v) is 6.87. The zero-order valence-corrected chi connectivity index (χ0v) is 11.2. The van der Waals surface area contributed by atoms with Gasteiger partial charge >= 0.3 is 0 Å². The number of rotatable bonds is 4. The first kappa shape index (κ1) is 12.6. The number of thioether (sulfide) groups is 1. The number of amides is 1. The fraction of sp³-hybridized carbons (Fsp3) is 0.364. The predicted molar refractivity (Wildman–Crippen MR) is 69.6 cm³/mol. The van der Waals surface area contributed by atoms with E-state index in [9.17, 15) is 4.79 Å². The maximum absolute atomic E-state index is 11.6. The summed E-state index contributed by atoms with van der Waals surface area (Å²) in [5, 5.41) is 2.87. The molecule has 0 spiro atoms. The highest BCUT2D eigenvalue weighted by atomic mass is 79.9. The molecular formula is C11H14BrNOS. The Hall–Kier alpha value is -0.480. The summed E-state index contributed by atoms with van der Waals surface area (Å²) in [6, 6.07) is 5.63. The number of hydrogen-bond donors (Lipinski definition) is 1. The highest BCUT2D eigenvalue weighted by Gasteiger charge is 2.05. The van der Waals surface area contributed by atoms with Crippen molar-refractivity contribution in [1.82, 2.24) is 5.32 Å². The first-order chi connectivity index (χ1) is 7.15. The third-order valence-corrected chi connectivity index (χ3v) is 3.49. The van der Waals surface area contributed by atoms with Crippen molar-refractivity contribution in [3.05, 3.63) is 33.8 Å². The van der Waals surface area contributed by atoms with Gasteiger partial charge in [0.05, 0.1) is 0 Å². The minimum Gasteiger partial charge on any atom is -0.351 e. The minimum absolute atomic E-state index is 0.00949. The number of carbonyl (C=O) groups is 1. The van der Waals surface area contributed by atoms with Crippen molar-refractivity contribution < 1.29 is 4.79 Å². The average Bonchev–Trinajstić information content (AvgIpc) is 2.22. The van der Waals surface area contributed by atoms with Gasteiger partial charge in [0, 0.05) is 22.3 Å². The Kier molecular flexibility index (Phi) is 5.19. The molecule has 0 saturated heterocycles. The lowest BCUT2D eigenvalue weighted by molar-refractivity contribution is 0.0956. The van der Waals surface area contributed by atoms with Crippen LogP contribution in [0.3, 0.4) is 0 Å². The summed E-state index contributed by atoms with van der Waals surface area (Å²) in [5.74, 6) is 0.934. The van der Waals surface area contributed by atoms with E-state index in [0.29, 0.717) is 12.1 Å². The maximum Gasteiger partial charge on any atom is 0.251 e. The van der Waals surface area contributed by atoms with Gasteiger partial charge < -0.3 is 5.32 Å². The molecule has 0 aliphatic carbocycles. The number of hydrogen-bond acceptors (Lipinski definition) is 2. The van der Waals surface area contributed by atoms with Crippen LogP contribution in [0.25, 0.3) is 0 Å². The molecule has 0 fully saturated rings. The second-order valence-electron chi connectivity index (χ2n) is 3.21. The quantitative estimate of drug-likeness (QED) is 0.863. The van der Waals surface area contributed by atoms with Gasteiger partial charge in [-0.15, -0.1) is 0 Å². The van der Waals surface area contributed by atoms with Crippen LogP contribution in [0.1, 0.15) is 15.9 Å². The fourth-order valence-electron chi connectivity index (χ4n) is 1.10. The second kappa shape index (κ2) is 6.18. The van der Waals surface area contributed by atoms with Crippen LogP contribution in [0, 0.1) is 6.92 Å². The largest absolute Gasteiger partial charge is 0.351 e. The van der Waals surface area contributed by atoms with E-state index in [2.05, 4.69) is 21.2 Å². The number of carbonyl (C=O) groups excluding carboxylic acids is 1. The Morgan fingerprint density at radius 2 is 2.27 bits per heavy atom. The molecule has 4 heteroatoms. The standard InChI is InChI=1S/C11H14BrNOS/c1-8-3-4-9(7-10(8)12)11(14)13-5-6-15-2/h3-4,7H,5-6H2,1-2H3,(H,13,14). The molecule has 1 aromatic carbocycles. The summed E-state index contributed by atoms with van der Waals surface area (Å²) >= 11 is 5.13. The Balaban J connectivity index is 2.62. The second-order valence-corrected chi connectivity index (χ2v) is 5.05. The minimum atomic E-state index is -0.00949. The van der Waals surface area contributed by atoms with Crippen molar-refractivity contribution in [2.45, 2.75) is 6.92 Å². The summed E-state index contributed by atoms with van der Waals surface area (Å²) in [7, 11) is 0. The molecule has 0 bridgehead atoms. The molecule has 0 aromatic heterocycles. The van der Waals surface area contributed by atoms with Gasteiger partial charge in [-0.2, -0.15) is 11.8 Å². The van der Waals surface area contributed by atoms with Gasteiger partial charge in [-0.3, -0.25) is 4.79 Å². The fourth-order valence-corrected chi connectivity index (χ4v) is 1.79. The Morgan fingerprint density at radius 3 is 2.87 bits per heavy atom. The summed E-state index contributed by atoms with van der Waals surface area (Å²) < 4.78 is 0.972. The van der Waals surface area contributed by atoms with E-state index in [0.717, 1.165) is 15.8 Å². The van der Waals surface area contributed by atoms with Crippen molar-refractivity contribution in [3.8, 4) is 0 Å². The Labute approximate surface area is 103 Å². The molecule has 1 rings (SSSR count). The SMILES string of the molecule is CSCCNC(=O)c1ccc(C)c(Br)c1. The summed E-state index contributed by atoms with van der Waals surface area (Å²) in [5.41, 5.74) is 1.84. The van der Waals surface area contributed by atoms with E-state index in [4.69, 9.17) is 0 Å². The van der Waals surface area contributed by atoms with Crippen LogP contribution in [0.15, 0.2) is 22.7 Å². The molecule has 0 unspecified atom stereocenters. The lowest BCUT2D eigenvalue weighted by Gasteiger charge is -2.05. The van der Waals surface area contributed by atoms with Crippen LogP contribution in [-0.2, 0) is 0 Å². The van der Waals surface area contributed by atoms with Gasteiger partial charge in [0.2, 0.25) is 0 Å². The van der Waals surface area contributed by atoms with Gasteiger partial charge in [0.25, 0.3) is 5.91 Å². The van der Waals surface area contributed by atoms with Crippen molar-refractivity contribution in [2.24, 2.45) is 0 Å². The zero-order chi connectivity index (χ0) is 11.3. The molecule has 0 aliphatic heterocycles. The lowest BCUT2D eigenvalue weighted by atomic mass is 10.1. The predicted octanol–water partition coefficient (Wildman–Crippen LogP) is 2.85. The summed E-state index contributed by atoms with van der Waals surface area (Å²) in [6.07, 6.45) is 2.02. The summed E-state index contributed by atoms with van der Waals surface area (Å²) in [4.78, 5) is 11.6. The normalized spacial score (nSPS) is 10.1. The Morgan fingerprint density at radius 1 is 1.53 bits per heavy atom. The van der Waals surface area contributed by atoms with E-state index >= 15 is 0 Å². The molecule has 0 aliphatic rings. The van der Waals surface area contributed by atoms with Crippen LogP contribution in [0.4, 0.5) is 0 Å². The molecule has 0 radical (unpaired) electrons. The van der Waals surface area contributed by atoms with Crippen molar-refractivity contribution in [1.29, 1.82) is 0 Å². The van der Waals surface area contributed by atoms with Crippen LogP contribution in [0.2, 0.25) is 0 Å². The van der Waals surface area contributed by atoms with E-state index in [1.165, 1.54) is 0 Å². The van der Waals surface area contributed by atoms with Crippen LogP contribution in [0.5, 0.6) is 0 Å². The highest BCUT2D eigenvalue weighted by molar-refractivity contribution is 9.10. The summed E-state index contributed by atoms with van der Waals surface area (Å²) in [6.45, 7) is 2.71. The van der Waals surface area contributed by atoms with Gasteiger partial charge in [-0.05, 0) is 30.9 Å². The van der Waals surface area contributed by atoms with Gasteiger partial charge in [-0.1, -0.05) is 22.0 Å². The van der Waals surface area contributed by atoms with Crippen LogP contribution >= 0.6 is 27.7 Å². The molecule has 0 atom stereocenters. The molecule has 82 valence electrons. The number of benzene rings is 1. The zero-order valence-electron chi connectivity index (χ0n) is 8.84. The van der Waals surface area contributed by atoms with Crippen molar-refractivity contribution >= 4 is 33.6 Å². The maximum atomic E-state index is 11.6. The number of nitrogens with one attached hydrogen (secondary N) is 1. The highest BCUT2D eigenvalue weighted by Crippen LogP contribution is 2.17. The number of halogens is 1. The van der Waals surface area contributed by atoms with E-state index in [1.807, 2.05) is 31.4 Å². The average molecular weight is 288 g/mol. The third kappa shape index (κ3) is 3.87. The molecule has 0 saturated carbocycles. The van der Waals surface area contributed by atoms with Crippen molar-refractivity contribution in [2.75, 3.05) is 18.6 Å². The van der Waals surface area contributed by atoms with E-state index < -0.39 is 0 Å². The molecule has 1 aromatic rings. The topological polar surface area (TPSA) is 29.1 Å². The van der Waals surface area contributed by atoms with Gasteiger partial charge in [0.1, 0.15) is 0 Å². The van der Waals surface area contributed by atoms with E-state index in [-0.39, 0.29) is 5.91 Å². The number of aryl methyl sites for hydroxylation is 1.